The van der Waals surface area contributed by atoms with E-state index in [4.69, 9.17) is 4.18 Å². The predicted octanol–water partition coefficient (Wildman–Crippen LogP) is 3.04. The molecule has 0 aromatic carbocycles. The van der Waals surface area contributed by atoms with Gasteiger partial charge < -0.3 is 10.2 Å². The summed E-state index contributed by atoms with van der Waals surface area (Å²) in [6, 6.07) is 0. The maximum atomic E-state index is 12.9. The van der Waals surface area contributed by atoms with Gasteiger partial charge in [-0.05, 0) is 103 Å². The van der Waals surface area contributed by atoms with Crippen molar-refractivity contribution in [2.24, 2.45) is 50.2 Å². The van der Waals surface area contributed by atoms with Crippen molar-refractivity contribution in [3.63, 3.8) is 0 Å². The SMILES string of the molecule is CC1(C)CC[C@]2(C(=O)O)C(O)CC3(C)C(=CCC4[C@@]5(C)CC[C@H](OS(=O)(=O)O)C(C)(C)C5CC[C@]43C)[C@@H]2C1.[Na+]. The molecule has 5 aliphatic carbocycles. The van der Waals surface area contributed by atoms with E-state index in [0.29, 0.717) is 25.2 Å². The molecular formula is C30H48NaO7S+. The molecule has 0 bridgehead atoms. The summed E-state index contributed by atoms with van der Waals surface area (Å²) in [6.07, 6.45) is 7.53. The van der Waals surface area contributed by atoms with Gasteiger partial charge in [0.2, 0.25) is 0 Å². The number of fused-ring (bicyclic) bond motifs is 7. The molecule has 0 heterocycles. The molecule has 5 rings (SSSR count). The molecule has 0 aromatic heterocycles. The van der Waals surface area contributed by atoms with Gasteiger partial charge >= 0.3 is 45.9 Å². The van der Waals surface area contributed by atoms with Crippen LogP contribution in [0, 0.1) is 50.2 Å². The van der Waals surface area contributed by atoms with Crippen molar-refractivity contribution >= 4 is 16.4 Å². The van der Waals surface area contributed by atoms with Crippen molar-refractivity contribution in [2.45, 2.75) is 118 Å². The van der Waals surface area contributed by atoms with Crippen molar-refractivity contribution in [3.05, 3.63) is 11.6 Å². The van der Waals surface area contributed by atoms with E-state index in [-0.39, 0.29) is 63.1 Å². The van der Waals surface area contributed by atoms with Crippen LogP contribution >= 0.6 is 0 Å². The first kappa shape index (κ1) is 32.0. The van der Waals surface area contributed by atoms with Crippen molar-refractivity contribution in [1.29, 1.82) is 0 Å². The second-order valence-corrected chi connectivity index (χ2v) is 16.7. The summed E-state index contributed by atoms with van der Waals surface area (Å²) in [7, 11) is -4.54. The van der Waals surface area contributed by atoms with Crippen molar-refractivity contribution < 1.29 is 61.7 Å². The average molecular weight is 576 g/mol. The standard InChI is InChI=1S/C30H48O7S.Na/c1-25(2)14-15-30(24(32)33)19(16-25)18-8-9-21-27(5)12-11-23(37-38(34,35)36)26(3,4)20(27)10-13-28(21,6)29(18,7)17-22(30)31;/h8,19-23,31H,9-17H2,1-7H3,(H,32,33)(H,34,35,36);/q;+1/t19-,20?,21?,22?,23-,27-,28+,29?,30+;/m0./s1. The maximum Gasteiger partial charge on any atom is 1.00 e. The van der Waals surface area contributed by atoms with Crippen LogP contribution in [0.1, 0.15) is 106 Å². The van der Waals surface area contributed by atoms with E-state index >= 15 is 0 Å². The Morgan fingerprint density at radius 3 is 2.18 bits per heavy atom. The first-order chi connectivity index (χ1) is 17.2. The third kappa shape index (κ3) is 4.39. The summed E-state index contributed by atoms with van der Waals surface area (Å²) < 4.78 is 37.9. The number of rotatable bonds is 3. The summed E-state index contributed by atoms with van der Waals surface area (Å²) in [5.74, 6) is -0.492. The van der Waals surface area contributed by atoms with Gasteiger partial charge in [-0.15, -0.1) is 0 Å². The fourth-order valence-electron chi connectivity index (χ4n) is 11.0. The van der Waals surface area contributed by atoms with Crippen LogP contribution in [-0.2, 0) is 19.4 Å². The van der Waals surface area contributed by atoms with Gasteiger partial charge in [-0.25, -0.2) is 4.18 Å². The molecule has 4 unspecified atom stereocenters. The fourth-order valence-corrected chi connectivity index (χ4v) is 11.7. The van der Waals surface area contributed by atoms with Gasteiger partial charge in [0.25, 0.3) is 0 Å². The molecule has 0 amide bonds. The zero-order chi connectivity index (χ0) is 28.3. The van der Waals surface area contributed by atoms with Crippen LogP contribution in [0.15, 0.2) is 11.6 Å². The molecule has 5 aliphatic rings. The third-order valence-electron chi connectivity index (χ3n) is 13.3. The van der Waals surface area contributed by atoms with Crippen LogP contribution in [0.3, 0.4) is 0 Å². The molecule has 0 radical (unpaired) electrons. The molecule has 9 atom stereocenters. The zero-order valence-corrected chi connectivity index (χ0v) is 28.0. The quantitative estimate of drug-likeness (QED) is 0.269. The van der Waals surface area contributed by atoms with E-state index in [9.17, 15) is 28.0 Å². The summed E-state index contributed by atoms with van der Waals surface area (Å²) in [6.45, 7) is 15.7. The van der Waals surface area contributed by atoms with Crippen LogP contribution in [-0.4, -0.2) is 41.4 Å². The number of carboxylic acids is 1. The van der Waals surface area contributed by atoms with Gasteiger partial charge in [0.15, 0.2) is 0 Å². The van der Waals surface area contributed by atoms with Crippen LogP contribution in [0.25, 0.3) is 0 Å². The molecule has 39 heavy (non-hydrogen) atoms. The number of carbonyl (C=O) groups is 1. The summed E-state index contributed by atoms with van der Waals surface area (Å²) >= 11 is 0. The monoisotopic (exact) mass is 575 g/mol. The van der Waals surface area contributed by atoms with Gasteiger partial charge in [0, 0.05) is 0 Å². The summed E-state index contributed by atoms with van der Waals surface area (Å²) in [5.41, 5.74) is -0.765. The number of allylic oxidation sites excluding steroid dienone is 2. The molecule has 0 aliphatic heterocycles. The molecular weight excluding hydrogens is 527 g/mol. The van der Waals surface area contributed by atoms with Crippen molar-refractivity contribution in [2.75, 3.05) is 0 Å². The van der Waals surface area contributed by atoms with Gasteiger partial charge in [0.1, 0.15) is 5.41 Å². The van der Waals surface area contributed by atoms with Crippen molar-refractivity contribution in [3.8, 4) is 0 Å². The number of hydrogen-bond donors (Lipinski definition) is 3. The van der Waals surface area contributed by atoms with Gasteiger partial charge in [-0.3, -0.25) is 9.35 Å². The minimum Gasteiger partial charge on any atom is -0.481 e. The van der Waals surface area contributed by atoms with E-state index in [1.165, 1.54) is 5.57 Å². The van der Waals surface area contributed by atoms with E-state index in [1.807, 2.05) is 0 Å². The van der Waals surface area contributed by atoms with Crippen LogP contribution in [0.5, 0.6) is 0 Å². The second-order valence-electron chi connectivity index (χ2n) is 15.7. The zero-order valence-electron chi connectivity index (χ0n) is 25.2. The van der Waals surface area contributed by atoms with E-state index < -0.39 is 39.4 Å². The summed E-state index contributed by atoms with van der Waals surface area (Å²) in [4.78, 5) is 12.9. The number of carboxylic acid groups (broad SMARTS) is 1. The molecule has 216 valence electrons. The first-order valence-electron chi connectivity index (χ1n) is 14.5. The first-order valence-corrected chi connectivity index (χ1v) is 15.9. The van der Waals surface area contributed by atoms with E-state index in [0.717, 1.165) is 38.5 Å². The predicted molar refractivity (Wildman–Crippen MR) is 144 cm³/mol. The molecule has 4 saturated carbocycles. The molecule has 4 fully saturated rings. The normalized spacial score (nSPS) is 48.2. The van der Waals surface area contributed by atoms with Crippen LogP contribution in [0.4, 0.5) is 0 Å². The second kappa shape index (κ2) is 9.52. The van der Waals surface area contributed by atoms with E-state index in [2.05, 4.69) is 54.5 Å². The van der Waals surface area contributed by atoms with E-state index in [1.54, 1.807) is 0 Å². The smallest absolute Gasteiger partial charge is 0.481 e. The Morgan fingerprint density at radius 1 is 0.949 bits per heavy atom. The van der Waals surface area contributed by atoms with Crippen LogP contribution in [0.2, 0.25) is 0 Å². The number of aliphatic hydroxyl groups is 1. The maximum absolute atomic E-state index is 12.9. The molecule has 0 spiro atoms. The minimum absolute atomic E-state index is 0. The Hall–Kier alpha value is 0.0400. The topological polar surface area (TPSA) is 121 Å². The Kier molecular flexibility index (Phi) is 7.80. The Balaban J connectivity index is 0.00000353. The van der Waals surface area contributed by atoms with Gasteiger partial charge in [-0.2, -0.15) is 8.42 Å². The largest absolute Gasteiger partial charge is 1.00 e. The number of aliphatic hydroxyl groups excluding tert-OH is 1. The number of hydrogen-bond acceptors (Lipinski definition) is 5. The van der Waals surface area contributed by atoms with Crippen molar-refractivity contribution in [1.82, 2.24) is 0 Å². The van der Waals surface area contributed by atoms with Gasteiger partial charge in [-0.1, -0.05) is 60.1 Å². The Labute approximate surface area is 257 Å². The summed E-state index contributed by atoms with van der Waals surface area (Å²) in [5, 5.41) is 22.3. The minimum atomic E-state index is -4.54. The van der Waals surface area contributed by atoms with Crippen LogP contribution < -0.4 is 29.6 Å². The molecule has 7 nitrogen and oxygen atoms in total. The van der Waals surface area contributed by atoms with Gasteiger partial charge in [0.05, 0.1) is 12.2 Å². The average Bonchev–Trinajstić information content (AvgIpc) is 2.75. The Morgan fingerprint density at radius 2 is 1.59 bits per heavy atom. The Bertz CT molecular complexity index is 1160. The third-order valence-corrected chi connectivity index (χ3v) is 13.7. The molecule has 9 heteroatoms. The number of aliphatic carboxylic acids is 1. The molecule has 3 N–H and O–H groups in total. The molecule has 0 saturated heterocycles. The fraction of sp³-hybridized carbons (Fsp3) is 0.900. The molecule has 0 aromatic rings.